The molecular formula is C14H9Cl2FN2O2. The maximum Gasteiger partial charge on any atom is 0.266 e. The van der Waals surface area contributed by atoms with Crippen LogP contribution in [-0.4, -0.2) is 12.1 Å². The van der Waals surface area contributed by atoms with E-state index in [1.54, 1.807) is 13.0 Å². The summed E-state index contributed by atoms with van der Waals surface area (Å²) in [5.74, 6) is -1.02. The summed E-state index contributed by atoms with van der Waals surface area (Å²) in [5.41, 5.74) is -0.374. The second kappa shape index (κ2) is 5.76. The van der Waals surface area contributed by atoms with Crippen molar-refractivity contribution in [2.75, 3.05) is 7.11 Å². The molecule has 0 aliphatic carbocycles. The summed E-state index contributed by atoms with van der Waals surface area (Å²) in [5, 5.41) is 9.11. The summed E-state index contributed by atoms with van der Waals surface area (Å²) in [6.45, 7) is 1.62. The number of aromatic nitrogens is 1. The number of methoxy groups -OCH3 is 1. The van der Waals surface area contributed by atoms with Crippen molar-refractivity contribution in [2.45, 2.75) is 6.92 Å². The van der Waals surface area contributed by atoms with Crippen LogP contribution in [0.3, 0.4) is 0 Å². The normalized spacial score (nSPS) is 10.3. The Morgan fingerprint density at radius 3 is 2.57 bits per heavy atom. The van der Waals surface area contributed by atoms with Gasteiger partial charge in [-0.15, -0.1) is 0 Å². The number of hydrogen-bond acceptors (Lipinski definition) is 3. The monoisotopic (exact) mass is 326 g/mol. The van der Waals surface area contributed by atoms with Gasteiger partial charge in [-0.05, 0) is 19.1 Å². The van der Waals surface area contributed by atoms with Gasteiger partial charge in [-0.25, -0.2) is 4.39 Å². The lowest BCUT2D eigenvalue weighted by molar-refractivity contribution is 0.387. The summed E-state index contributed by atoms with van der Waals surface area (Å²) < 4.78 is 19.4. The van der Waals surface area contributed by atoms with E-state index in [0.717, 1.165) is 0 Å². The molecule has 108 valence electrons. The van der Waals surface area contributed by atoms with Gasteiger partial charge in [0.25, 0.3) is 5.56 Å². The van der Waals surface area contributed by atoms with Crippen molar-refractivity contribution >= 4 is 23.2 Å². The van der Waals surface area contributed by atoms with Crippen LogP contribution in [0.15, 0.2) is 16.9 Å². The molecule has 0 saturated heterocycles. The molecule has 0 atom stereocenters. The second-order valence-electron chi connectivity index (χ2n) is 4.24. The number of aryl methyl sites for hydroxylation is 1. The van der Waals surface area contributed by atoms with Crippen LogP contribution in [0.5, 0.6) is 5.75 Å². The van der Waals surface area contributed by atoms with Gasteiger partial charge >= 0.3 is 0 Å². The number of halogens is 3. The van der Waals surface area contributed by atoms with Crippen LogP contribution in [-0.2, 0) is 0 Å². The zero-order chi connectivity index (χ0) is 15.7. The van der Waals surface area contributed by atoms with Gasteiger partial charge in [0.05, 0.1) is 17.2 Å². The molecule has 0 radical (unpaired) electrons. The number of benzene rings is 1. The van der Waals surface area contributed by atoms with Crippen LogP contribution in [0.2, 0.25) is 10.0 Å². The lowest BCUT2D eigenvalue weighted by Crippen LogP contribution is -2.13. The summed E-state index contributed by atoms with van der Waals surface area (Å²) in [7, 11) is 1.26. The lowest BCUT2D eigenvalue weighted by atomic mass is 10.00. The fourth-order valence-corrected chi connectivity index (χ4v) is 2.62. The first kappa shape index (κ1) is 15.4. The molecular weight excluding hydrogens is 318 g/mol. The Balaban J connectivity index is 2.92. The molecule has 2 aromatic rings. The Morgan fingerprint density at radius 2 is 2.00 bits per heavy atom. The third-order valence-corrected chi connectivity index (χ3v) is 3.46. The molecule has 0 spiro atoms. The Kier molecular flexibility index (Phi) is 4.21. The molecule has 0 fully saturated rings. The van der Waals surface area contributed by atoms with E-state index in [1.807, 2.05) is 0 Å². The maximum atomic E-state index is 14.5. The Morgan fingerprint density at radius 1 is 1.33 bits per heavy atom. The average Bonchev–Trinajstić information content (AvgIpc) is 2.38. The van der Waals surface area contributed by atoms with Gasteiger partial charge in [-0.3, -0.25) is 4.79 Å². The molecule has 4 nitrogen and oxygen atoms in total. The van der Waals surface area contributed by atoms with E-state index < -0.39 is 11.4 Å². The molecule has 21 heavy (non-hydrogen) atoms. The summed E-state index contributed by atoms with van der Waals surface area (Å²) in [6.07, 6.45) is 0. The fourth-order valence-electron chi connectivity index (χ4n) is 2.00. The number of pyridine rings is 1. The quantitative estimate of drug-likeness (QED) is 0.915. The molecule has 7 heteroatoms. The van der Waals surface area contributed by atoms with Gasteiger partial charge in [0.1, 0.15) is 11.6 Å². The predicted octanol–water partition coefficient (Wildman–Crippen LogP) is 3.68. The highest BCUT2D eigenvalue weighted by Crippen LogP contribution is 2.40. The van der Waals surface area contributed by atoms with Crippen molar-refractivity contribution in [2.24, 2.45) is 0 Å². The van der Waals surface area contributed by atoms with Gasteiger partial charge in [0.2, 0.25) is 0 Å². The van der Waals surface area contributed by atoms with Crippen molar-refractivity contribution in [3.63, 3.8) is 0 Å². The Bertz CT molecular complexity index is 825. The number of hydrogen-bond donors (Lipinski definition) is 1. The van der Waals surface area contributed by atoms with Crippen LogP contribution in [0.4, 0.5) is 4.39 Å². The van der Waals surface area contributed by atoms with E-state index in [2.05, 4.69) is 4.98 Å². The van der Waals surface area contributed by atoms with Crippen LogP contribution < -0.4 is 10.3 Å². The standard InChI is InChI=1S/C14H9Cl2FN2O2/c1-6-3-7(8(5-18)14(20)19-6)11-9(15)4-10(16)13(21-2)12(11)17/h3-4H,1-2H3,(H,19,20). The number of H-pyrrole nitrogens is 1. The minimum Gasteiger partial charge on any atom is -0.492 e. The molecule has 0 aliphatic heterocycles. The average molecular weight is 327 g/mol. The molecule has 0 unspecified atom stereocenters. The zero-order valence-corrected chi connectivity index (χ0v) is 12.6. The van der Waals surface area contributed by atoms with Crippen LogP contribution in [0.25, 0.3) is 11.1 Å². The first-order chi connectivity index (χ1) is 9.90. The highest BCUT2D eigenvalue weighted by molar-refractivity contribution is 6.37. The minimum absolute atomic E-state index is 0.00354. The minimum atomic E-state index is -0.823. The van der Waals surface area contributed by atoms with E-state index in [1.165, 1.54) is 19.2 Å². The number of rotatable bonds is 2. The van der Waals surface area contributed by atoms with Crippen LogP contribution >= 0.6 is 23.2 Å². The topological polar surface area (TPSA) is 65.9 Å². The first-order valence-electron chi connectivity index (χ1n) is 5.76. The maximum absolute atomic E-state index is 14.5. The van der Waals surface area contributed by atoms with Gasteiger partial charge in [-0.1, -0.05) is 23.2 Å². The molecule has 1 heterocycles. The first-order valence-corrected chi connectivity index (χ1v) is 6.52. The number of nitrogens with one attached hydrogen (secondary N) is 1. The van der Waals surface area contributed by atoms with Crippen LogP contribution in [0.1, 0.15) is 11.3 Å². The molecule has 0 bridgehead atoms. The molecule has 0 aliphatic rings. The highest BCUT2D eigenvalue weighted by atomic mass is 35.5. The fraction of sp³-hybridized carbons (Fsp3) is 0.143. The van der Waals surface area contributed by atoms with Crippen molar-refractivity contribution in [3.8, 4) is 22.9 Å². The van der Waals surface area contributed by atoms with Crippen molar-refractivity contribution in [1.29, 1.82) is 5.26 Å². The smallest absolute Gasteiger partial charge is 0.266 e. The number of ether oxygens (including phenoxy) is 1. The number of nitrogens with zero attached hydrogens (tertiary/aromatic N) is 1. The van der Waals surface area contributed by atoms with Gasteiger partial charge in [-0.2, -0.15) is 5.26 Å². The van der Waals surface area contributed by atoms with E-state index >= 15 is 0 Å². The van der Waals surface area contributed by atoms with E-state index in [4.69, 9.17) is 33.2 Å². The molecule has 2 rings (SSSR count). The molecule has 1 aromatic heterocycles. The number of nitriles is 1. The molecule has 1 N–H and O–H groups in total. The largest absolute Gasteiger partial charge is 0.492 e. The predicted molar refractivity (Wildman–Crippen MR) is 78.5 cm³/mol. The van der Waals surface area contributed by atoms with E-state index in [0.29, 0.717) is 5.69 Å². The SMILES string of the molecule is COc1c(Cl)cc(Cl)c(-c2cc(C)[nH]c(=O)c2C#N)c1F. The zero-order valence-electron chi connectivity index (χ0n) is 11.1. The lowest BCUT2D eigenvalue weighted by Gasteiger charge is -2.13. The Labute approximate surface area is 129 Å². The third kappa shape index (κ3) is 2.60. The highest BCUT2D eigenvalue weighted by Gasteiger charge is 2.22. The Hall–Kier alpha value is -2.03. The summed E-state index contributed by atoms with van der Waals surface area (Å²) >= 11 is 11.9. The van der Waals surface area contributed by atoms with Gasteiger partial charge in [0.15, 0.2) is 11.6 Å². The van der Waals surface area contributed by atoms with Crippen molar-refractivity contribution < 1.29 is 9.13 Å². The molecule has 0 amide bonds. The second-order valence-corrected chi connectivity index (χ2v) is 5.06. The molecule has 1 aromatic carbocycles. The van der Waals surface area contributed by atoms with Gasteiger partial charge in [0, 0.05) is 16.8 Å². The summed E-state index contributed by atoms with van der Waals surface area (Å²) in [4.78, 5) is 14.3. The molecule has 0 saturated carbocycles. The summed E-state index contributed by atoms with van der Waals surface area (Å²) in [6, 6.07) is 4.53. The van der Waals surface area contributed by atoms with Crippen molar-refractivity contribution in [3.05, 3.63) is 49.6 Å². The van der Waals surface area contributed by atoms with E-state index in [-0.39, 0.29) is 32.5 Å². The van der Waals surface area contributed by atoms with Crippen molar-refractivity contribution in [1.82, 2.24) is 4.98 Å². The number of aromatic amines is 1. The third-order valence-electron chi connectivity index (χ3n) is 2.88. The van der Waals surface area contributed by atoms with E-state index in [9.17, 15) is 9.18 Å². The van der Waals surface area contributed by atoms with Crippen LogP contribution in [0, 0.1) is 24.1 Å². The van der Waals surface area contributed by atoms with Gasteiger partial charge < -0.3 is 9.72 Å².